The van der Waals surface area contributed by atoms with Crippen LogP contribution in [0.2, 0.25) is 0 Å². The number of rotatable bonds is 8. The Kier molecular flexibility index (Phi) is 6.17. The van der Waals surface area contributed by atoms with E-state index in [1.54, 1.807) is 6.21 Å². The highest BCUT2D eigenvalue weighted by Crippen LogP contribution is 2.18. The SMILES string of the molecule is CCN(CC)Cc1nnn(-c2nonc2N)c1C(=O)N/N=C\c1cccc2ccccc12. The third kappa shape index (κ3) is 4.18. The summed E-state index contributed by atoms with van der Waals surface area (Å²) in [5.74, 6) is -0.417. The lowest BCUT2D eigenvalue weighted by atomic mass is 10.1. The van der Waals surface area contributed by atoms with Crippen LogP contribution in [0.5, 0.6) is 0 Å². The van der Waals surface area contributed by atoms with Crippen LogP contribution in [-0.4, -0.2) is 55.4 Å². The van der Waals surface area contributed by atoms with Crippen LogP contribution >= 0.6 is 0 Å². The number of nitrogens with zero attached hydrogens (tertiary/aromatic N) is 7. The van der Waals surface area contributed by atoms with Crippen molar-refractivity contribution in [1.82, 2.24) is 35.6 Å². The molecule has 0 saturated carbocycles. The number of benzene rings is 2. The van der Waals surface area contributed by atoms with Crippen molar-refractivity contribution in [3.05, 3.63) is 59.4 Å². The number of carbonyl (C=O) groups is 1. The molecular formula is C21H23N9O2. The van der Waals surface area contributed by atoms with Crippen LogP contribution in [0.4, 0.5) is 5.82 Å². The molecule has 2 heterocycles. The van der Waals surface area contributed by atoms with Crippen LogP contribution in [0.25, 0.3) is 16.6 Å². The minimum atomic E-state index is -0.504. The Bertz CT molecular complexity index is 1250. The standard InChI is InChI=1S/C21H23N9O2/c1-3-29(4-2)13-17-18(30(28-24-17)20-19(22)26-32-27-20)21(31)25-23-12-15-10-7-9-14-8-5-6-11-16(14)15/h5-12H,3-4,13H2,1-2H3,(H2,22,26)(H,25,31)/b23-12-. The molecule has 164 valence electrons. The predicted octanol–water partition coefficient (Wildman–Crippen LogP) is 1.99. The number of aromatic nitrogens is 5. The van der Waals surface area contributed by atoms with Crippen molar-refractivity contribution in [3.8, 4) is 5.82 Å². The van der Waals surface area contributed by atoms with Gasteiger partial charge in [0.15, 0.2) is 5.69 Å². The third-order valence-corrected chi connectivity index (χ3v) is 5.11. The molecule has 2 aromatic heterocycles. The molecular weight excluding hydrogens is 410 g/mol. The van der Waals surface area contributed by atoms with E-state index in [9.17, 15) is 4.79 Å². The molecule has 0 aliphatic carbocycles. The summed E-state index contributed by atoms with van der Waals surface area (Å²) in [6.45, 7) is 6.06. The lowest BCUT2D eigenvalue weighted by molar-refractivity contribution is 0.0945. The molecule has 11 nitrogen and oxygen atoms in total. The lowest BCUT2D eigenvalue weighted by Gasteiger charge is -2.16. The van der Waals surface area contributed by atoms with Crippen molar-refractivity contribution in [2.75, 3.05) is 18.8 Å². The minimum absolute atomic E-state index is 0.00223. The molecule has 0 atom stereocenters. The molecule has 0 spiro atoms. The van der Waals surface area contributed by atoms with Gasteiger partial charge in [-0.05, 0) is 34.2 Å². The Labute approximate surface area is 183 Å². The minimum Gasteiger partial charge on any atom is -0.378 e. The van der Waals surface area contributed by atoms with Crippen LogP contribution in [0.15, 0.2) is 52.2 Å². The van der Waals surface area contributed by atoms with Gasteiger partial charge >= 0.3 is 0 Å². The van der Waals surface area contributed by atoms with Gasteiger partial charge in [0, 0.05) is 12.1 Å². The van der Waals surface area contributed by atoms with E-state index in [2.05, 4.69) is 40.7 Å². The van der Waals surface area contributed by atoms with Crippen LogP contribution in [-0.2, 0) is 6.54 Å². The zero-order valence-electron chi connectivity index (χ0n) is 17.8. The fourth-order valence-corrected chi connectivity index (χ4v) is 3.37. The molecule has 32 heavy (non-hydrogen) atoms. The van der Waals surface area contributed by atoms with E-state index in [4.69, 9.17) is 5.73 Å². The number of fused-ring (bicyclic) bond motifs is 1. The normalized spacial score (nSPS) is 11.6. The Morgan fingerprint density at radius 3 is 2.72 bits per heavy atom. The van der Waals surface area contributed by atoms with E-state index >= 15 is 0 Å². The van der Waals surface area contributed by atoms with Crippen LogP contribution in [0, 0.1) is 0 Å². The zero-order chi connectivity index (χ0) is 22.5. The maximum absolute atomic E-state index is 13.1. The number of hydrogen-bond acceptors (Lipinski definition) is 9. The zero-order valence-corrected chi connectivity index (χ0v) is 17.8. The Balaban J connectivity index is 1.63. The van der Waals surface area contributed by atoms with Crippen molar-refractivity contribution in [2.45, 2.75) is 20.4 Å². The predicted molar refractivity (Wildman–Crippen MR) is 119 cm³/mol. The maximum atomic E-state index is 13.1. The molecule has 0 unspecified atom stereocenters. The molecule has 0 radical (unpaired) electrons. The number of amides is 1. The number of anilines is 1. The molecule has 0 fully saturated rings. The number of carbonyl (C=O) groups excluding carboxylic acids is 1. The smallest absolute Gasteiger partial charge is 0.292 e. The lowest BCUT2D eigenvalue weighted by Crippen LogP contribution is -2.27. The van der Waals surface area contributed by atoms with Crippen molar-refractivity contribution >= 4 is 28.7 Å². The van der Waals surface area contributed by atoms with Crippen molar-refractivity contribution in [2.24, 2.45) is 5.10 Å². The first-order valence-electron chi connectivity index (χ1n) is 10.2. The highest BCUT2D eigenvalue weighted by atomic mass is 16.6. The van der Waals surface area contributed by atoms with Gasteiger partial charge in [-0.25, -0.2) is 10.1 Å². The van der Waals surface area contributed by atoms with Crippen molar-refractivity contribution < 1.29 is 9.42 Å². The average Bonchev–Trinajstić information content (AvgIpc) is 3.43. The van der Waals surface area contributed by atoms with E-state index in [1.165, 1.54) is 4.68 Å². The summed E-state index contributed by atoms with van der Waals surface area (Å²) in [5.41, 5.74) is 9.87. The maximum Gasteiger partial charge on any atom is 0.292 e. The summed E-state index contributed by atoms with van der Waals surface area (Å²) in [6, 6.07) is 13.8. The van der Waals surface area contributed by atoms with E-state index in [-0.39, 0.29) is 17.3 Å². The fraction of sp³-hybridized carbons (Fsp3) is 0.238. The van der Waals surface area contributed by atoms with Crippen LogP contribution in [0.3, 0.4) is 0 Å². The van der Waals surface area contributed by atoms with Gasteiger partial charge in [0.2, 0.25) is 11.6 Å². The molecule has 11 heteroatoms. The topological polar surface area (TPSA) is 140 Å². The summed E-state index contributed by atoms with van der Waals surface area (Å²) in [7, 11) is 0. The highest BCUT2D eigenvalue weighted by Gasteiger charge is 2.25. The monoisotopic (exact) mass is 433 g/mol. The second-order valence-corrected chi connectivity index (χ2v) is 7.00. The van der Waals surface area contributed by atoms with E-state index < -0.39 is 5.91 Å². The summed E-state index contributed by atoms with van der Waals surface area (Å²) in [6.07, 6.45) is 1.60. The fourth-order valence-electron chi connectivity index (χ4n) is 3.37. The summed E-state index contributed by atoms with van der Waals surface area (Å²) < 4.78 is 5.88. The largest absolute Gasteiger partial charge is 0.378 e. The van der Waals surface area contributed by atoms with Crippen molar-refractivity contribution in [1.29, 1.82) is 0 Å². The molecule has 0 saturated heterocycles. The third-order valence-electron chi connectivity index (χ3n) is 5.11. The van der Waals surface area contributed by atoms with Crippen LogP contribution in [0.1, 0.15) is 35.6 Å². The molecule has 0 bridgehead atoms. The molecule has 4 aromatic rings. The Morgan fingerprint density at radius 2 is 1.97 bits per heavy atom. The number of nitrogens with two attached hydrogens (primary N) is 1. The first-order chi connectivity index (χ1) is 15.6. The van der Waals surface area contributed by atoms with Gasteiger partial charge in [-0.2, -0.15) is 9.78 Å². The number of hydrogen-bond donors (Lipinski definition) is 2. The number of nitrogen functional groups attached to an aromatic ring is 1. The van der Waals surface area contributed by atoms with Gasteiger partial charge < -0.3 is 5.73 Å². The molecule has 3 N–H and O–H groups in total. The second-order valence-electron chi connectivity index (χ2n) is 7.00. The van der Waals surface area contributed by atoms with Gasteiger partial charge in [-0.3, -0.25) is 9.69 Å². The van der Waals surface area contributed by atoms with Gasteiger partial charge in [-0.1, -0.05) is 61.5 Å². The van der Waals surface area contributed by atoms with Gasteiger partial charge in [0.1, 0.15) is 5.69 Å². The first-order valence-corrected chi connectivity index (χ1v) is 10.2. The van der Waals surface area contributed by atoms with E-state index in [0.717, 1.165) is 29.4 Å². The second kappa shape index (κ2) is 9.35. The Hall–Kier alpha value is -4.12. The van der Waals surface area contributed by atoms with Crippen molar-refractivity contribution in [3.63, 3.8) is 0 Å². The van der Waals surface area contributed by atoms with E-state index in [0.29, 0.717) is 12.2 Å². The highest BCUT2D eigenvalue weighted by molar-refractivity contribution is 6.00. The summed E-state index contributed by atoms with van der Waals surface area (Å²) in [5, 5.41) is 21.8. The average molecular weight is 433 g/mol. The van der Waals surface area contributed by atoms with Gasteiger partial charge in [0.25, 0.3) is 5.91 Å². The summed E-state index contributed by atoms with van der Waals surface area (Å²) >= 11 is 0. The van der Waals surface area contributed by atoms with Gasteiger partial charge in [0.05, 0.1) is 6.21 Å². The van der Waals surface area contributed by atoms with Crippen LogP contribution < -0.4 is 11.2 Å². The molecule has 4 rings (SSSR count). The molecule has 0 aliphatic heterocycles. The van der Waals surface area contributed by atoms with Gasteiger partial charge in [-0.15, -0.1) is 5.10 Å². The van der Waals surface area contributed by atoms with E-state index in [1.807, 2.05) is 56.3 Å². The number of hydrazone groups is 1. The Morgan fingerprint density at radius 1 is 1.19 bits per heavy atom. The molecule has 0 aliphatic rings. The quantitative estimate of drug-likeness (QED) is 0.317. The summed E-state index contributed by atoms with van der Waals surface area (Å²) in [4.78, 5) is 15.2. The molecule has 1 amide bonds. The first kappa shape index (κ1) is 21.1. The number of nitrogens with one attached hydrogen (secondary N) is 1. The molecule has 2 aromatic carbocycles.